The van der Waals surface area contributed by atoms with Gasteiger partial charge < -0.3 is 5.11 Å². The summed E-state index contributed by atoms with van der Waals surface area (Å²) in [5.41, 5.74) is 2.61. The van der Waals surface area contributed by atoms with Crippen molar-refractivity contribution < 1.29 is 5.11 Å². The molecule has 6 nitrogen and oxygen atoms in total. The van der Waals surface area contributed by atoms with Crippen molar-refractivity contribution in [2.24, 2.45) is 5.10 Å². The van der Waals surface area contributed by atoms with E-state index in [1.54, 1.807) is 12.1 Å². The fourth-order valence-electron chi connectivity index (χ4n) is 0.936. The van der Waals surface area contributed by atoms with Gasteiger partial charge in [-0.3, -0.25) is 5.43 Å². The zero-order chi connectivity index (χ0) is 12.0. The van der Waals surface area contributed by atoms with Gasteiger partial charge in [0.05, 0.1) is 17.3 Å². The van der Waals surface area contributed by atoms with E-state index < -0.39 is 0 Å². The lowest BCUT2D eigenvalue weighted by Gasteiger charge is -2.01. The number of hydrazone groups is 1. The fourth-order valence-corrected chi connectivity index (χ4v) is 0.936. The Labute approximate surface area is 91.3 Å². The first-order valence-corrected chi connectivity index (χ1v) is 4.07. The van der Waals surface area contributed by atoms with Crippen LogP contribution in [0.2, 0.25) is 0 Å². The molecule has 0 amide bonds. The first-order chi connectivity index (χ1) is 7.69. The van der Waals surface area contributed by atoms with Gasteiger partial charge in [0.1, 0.15) is 17.9 Å². The summed E-state index contributed by atoms with van der Waals surface area (Å²) in [6.45, 7) is 0. The second-order valence-electron chi connectivity index (χ2n) is 2.68. The predicted octanol–water partition coefficient (Wildman–Crippen LogP) is 1.08. The minimum atomic E-state index is -0.346. The van der Waals surface area contributed by atoms with Gasteiger partial charge >= 0.3 is 0 Å². The van der Waals surface area contributed by atoms with Crippen LogP contribution in [-0.2, 0) is 0 Å². The average Bonchev–Trinajstić information content (AvgIpc) is 2.29. The number of nitrogens with one attached hydrogen (secondary N) is 1. The van der Waals surface area contributed by atoms with Gasteiger partial charge in [-0.25, -0.2) is 0 Å². The Kier molecular flexibility index (Phi) is 3.45. The summed E-state index contributed by atoms with van der Waals surface area (Å²) >= 11 is 0. The fraction of sp³-hybridized carbons (Fsp3) is 0. The molecule has 0 aromatic heterocycles. The van der Waals surface area contributed by atoms with Gasteiger partial charge in [0, 0.05) is 6.07 Å². The molecule has 0 spiro atoms. The highest BCUT2D eigenvalue weighted by Gasteiger charge is 1.99. The standard InChI is InChI=1S/C10H5N5O/c11-4-7-1-8(3-10(16)2-7)14-15-9(5-12)6-13/h1-3,14,16H. The van der Waals surface area contributed by atoms with Crippen LogP contribution in [0.5, 0.6) is 5.75 Å². The van der Waals surface area contributed by atoms with E-state index in [1.165, 1.54) is 18.2 Å². The third-order valence-corrected chi connectivity index (χ3v) is 1.56. The minimum Gasteiger partial charge on any atom is -0.508 e. The van der Waals surface area contributed by atoms with E-state index in [9.17, 15) is 5.11 Å². The Morgan fingerprint density at radius 1 is 1.19 bits per heavy atom. The Morgan fingerprint density at radius 2 is 1.88 bits per heavy atom. The number of benzene rings is 1. The number of anilines is 1. The van der Waals surface area contributed by atoms with Crippen molar-refractivity contribution in [2.45, 2.75) is 0 Å². The van der Waals surface area contributed by atoms with E-state index in [0.29, 0.717) is 5.69 Å². The molecule has 76 valence electrons. The van der Waals surface area contributed by atoms with Crippen molar-refractivity contribution in [3.05, 3.63) is 23.8 Å². The van der Waals surface area contributed by atoms with E-state index in [-0.39, 0.29) is 17.0 Å². The average molecular weight is 211 g/mol. The Morgan fingerprint density at radius 3 is 2.44 bits per heavy atom. The molecule has 0 bridgehead atoms. The van der Waals surface area contributed by atoms with E-state index in [1.807, 2.05) is 6.07 Å². The van der Waals surface area contributed by atoms with Crippen LogP contribution in [0.3, 0.4) is 0 Å². The molecule has 0 heterocycles. The second kappa shape index (κ2) is 4.99. The Bertz CT molecular complexity index is 540. The van der Waals surface area contributed by atoms with Gasteiger partial charge in [0.2, 0.25) is 5.71 Å². The van der Waals surface area contributed by atoms with Crippen LogP contribution in [0.1, 0.15) is 5.56 Å². The number of nitriles is 3. The van der Waals surface area contributed by atoms with Crippen LogP contribution in [0.4, 0.5) is 5.69 Å². The number of nitrogens with zero attached hydrogens (tertiary/aromatic N) is 4. The third-order valence-electron chi connectivity index (χ3n) is 1.56. The molecule has 0 aliphatic heterocycles. The topological polar surface area (TPSA) is 116 Å². The SMILES string of the molecule is N#CC(C#N)=NNc1cc(O)cc(C#N)c1. The van der Waals surface area contributed by atoms with Gasteiger partial charge in [0.15, 0.2) is 0 Å². The van der Waals surface area contributed by atoms with Gasteiger partial charge in [-0.1, -0.05) is 0 Å². The number of aromatic hydroxyl groups is 1. The Hall–Kier alpha value is -3.04. The number of phenols is 1. The second-order valence-corrected chi connectivity index (χ2v) is 2.68. The lowest BCUT2D eigenvalue weighted by atomic mass is 10.2. The van der Waals surface area contributed by atoms with E-state index >= 15 is 0 Å². The maximum absolute atomic E-state index is 9.24. The largest absolute Gasteiger partial charge is 0.508 e. The summed E-state index contributed by atoms with van der Waals surface area (Å²) in [6.07, 6.45) is 0. The maximum Gasteiger partial charge on any atom is 0.237 e. The van der Waals surface area contributed by atoms with Crippen LogP contribution in [0.15, 0.2) is 23.3 Å². The first-order valence-electron chi connectivity index (χ1n) is 4.07. The highest BCUT2D eigenvalue weighted by Crippen LogP contribution is 2.19. The quantitative estimate of drug-likeness (QED) is 0.560. The summed E-state index contributed by atoms with van der Waals surface area (Å²) in [5.74, 6) is -0.104. The van der Waals surface area contributed by atoms with E-state index in [0.717, 1.165) is 0 Å². The van der Waals surface area contributed by atoms with Crippen LogP contribution >= 0.6 is 0 Å². The molecular weight excluding hydrogens is 206 g/mol. The number of phenolic OH excluding ortho intramolecular Hbond substituents is 1. The van der Waals surface area contributed by atoms with Crippen LogP contribution in [-0.4, -0.2) is 10.8 Å². The molecule has 0 radical (unpaired) electrons. The van der Waals surface area contributed by atoms with Gasteiger partial charge in [-0.2, -0.15) is 20.9 Å². The summed E-state index contributed by atoms with van der Waals surface area (Å²) in [6, 6.07) is 9.00. The molecule has 1 rings (SSSR count). The molecule has 1 aromatic carbocycles. The van der Waals surface area contributed by atoms with E-state index in [4.69, 9.17) is 15.8 Å². The van der Waals surface area contributed by atoms with Crippen molar-refractivity contribution in [1.29, 1.82) is 15.8 Å². The monoisotopic (exact) mass is 211 g/mol. The smallest absolute Gasteiger partial charge is 0.237 e. The molecule has 0 atom stereocenters. The van der Waals surface area contributed by atoms with Crippen molar-refractivity contribution in [1.82, 2.24) is 0 Å². The molecule has 0 aliphatic rings. The van der Waals surface area contributed by atoms with Gasteiger partial charge in [-0.15, -0.1) is 0 Å². The highest BCUT2D eigenvalue weighted by atomic mass is 16.3. The number of rotatable bonds is 2. The zero-order valence-electron chi connectivity index (χ0n) is 7.97. The summed E-state index contributed by atoms with van der Waals surface area (Å²) in [4.78, 5) is 0. The van der Waals surface area contributed by atoms with Gasteiger partial charge in [-0.05, 0) is 12.1 Å². The molecule has 0 fully saturated rings. The molecule has 2 N–H and O–H groups in total. The number of hydrogen-bond acceptors (Lipinski definition) is 6. The molecule has 0 saturated carbocycles. The van der Waals surface area contributed by atoms with E-state index in [2.05, 4.69) is 10.5 Å². The summed E-state index contributed by atoms with van der Waals surface area (Å²) in [7, 11) is 0. The molecule has 0 saturated heterocycles. The summed E-state index contributed by atoms with van der Waals surface area (Å²) in [5, 5.41) is 38.2. The molecule has 0 unspecified atom stereocenters. The summed E-state index contributed by atoms with van der Waals surface area (Å²) < 4.78 is 0. The molecule has 6 heteroatoms. The lowest BCUT2D eigenvalue weighted by Crippen LogP contribution is -1.96. The highest BCUT2D eigenvalue weighted by molar-refractivity contribution is 6.10. The van der Waals surface area contributed by atoms with Gasteiger partial charge in [0.25, 0.3) is 0 Å². The third kappa shape index (κ3) is 2.73. The minimum absolute atomic E-state index is 0.104. The number of hydrogen-bond donors (Lipinski definition) is 2. The first kappa shape index (κ1) is 11.0. The Balaban J connectivity index is 2.97. The van der Waals surface area contributed by atoms with Crippen LogP contribution in [0.25, 0.3) is 0 Å². The van der Waals surface area contributed by atoms with Crippen molar-refractivity contribution in [2.75, 3.05) is 5.43 Å². The maximum atomic E-state index is 9.24. The molecule has 16 heavy (non-hydrogen) atoms. The van der Waals surface area contributed by atoms with Crippen molar-refractivity contribution in [3.8, 4) is 24.0 Å². The van der Waals surface area contributed by atoms with Crippen LogP contribution < -0.4 is 5.43 Å². The predicted molar refractivity (Wildman–Crippen MR) is 55.1 cm³/mol. The zero-order valence-corrected chi connectivity index (χ0v) is 7.97. The molecule has 0 aliphatic carbocycles. The molecular formula is C10H5N5O. The van der Waals surface area contributed by atoms with Crippen LogP contribution in [0, 0.1) is 34.0 Å². The normalized spacial score (nSPS) is 8.06. The molecule has 1 aromatic rings. The van der Waals surface area contributed by atoms with Crippen molar-refractivity contribution in [3.63, 3.8) is 0 Å². The van der Waals surface area contributed by atoms with Crippen molar-refractivity contribution >= 4 is 11.4 Å². The lowest BCUT2D eigenvalue weighted by molar-refractivity contribution is 0.475.